The van der Waals surface area contributed by atoms with Crippen molar-refractivity contribution in [3.63, 3.8) is 0 Å². The molecule has 28 heavy (non-hydrogen) atoms. The van der Waals surface area contributed by atoms with Crippen molar-refractivity contribution in [2.75, 3.05) is 19.8 Å². The van der Waals surface area contributed by atoms with Gasteiger partial charge in [-0.05, 0) is 25.2 Å². The van der Waals surface area contributed by atoms with Crippen LogP contribution in [0, 0.1) is 11.8 Å². The molecule has 0 aromatic carbocycles. The molecule has 0 fully saturated rings. The molecule has 0 aromatic rings. The van der Waals surface area contributed by atoms with E-state index in [1.165, 1.54) is 0 Å². The summed E-state index contributed by atoms with van der Waals surface area (Å²) in [6, 6.07) is 0. The number of unbranched alkanes of at least 4 members (excludes halogenated alkanes) is 3. The normalized spacial score (nSPS) is 14.2. The number of rotatable bonds is 15. The van der Waals surface area contributed by atoms with Gasteiger partial charge in [0.15, 0.2) is 5.60 Å². The van der Waals surface area contributed by atoms with Gasteiger partial charge in [-0.2, -0.15) is 0 Å². The van der Waals surface area contributed by atoms with Crippen LogP contribution in [0.3, 0.4) is 0 Å². The molecule has 0 saturated heterocycles. The SMILES string of the molecule is CCCCOC(=O)CC(O)(C(=O)OCCCC)C(C(=O)OCCCC)C(C)C. The van der Waals surface area contributed by atoms with Crippen LogP contribution in [0.25, 0.3) is 0 Å². The van der Waals surface area contributed by atoms with E-state index in [0.717, 1.165) is 19.3 Å². The van der Waals surface area contributed by atoms with Crippen LogP contribution in [0.5, 0.6) is 0 Å². The average Bonchev–Trinajstić information content (AvgIpc) is 2.61. The van der Waals surface area contributed by atoms with Crippen LogP contribution in [0.1, 0.15) is 79.6 Å². The molecule has 0 radical (unpaired) electrons. The number of ether oxygens (including phenoxy) is 3. The highest BCUT2D eigenvalue weighted by Gasteiger charge is 2.53. The van der Waals surface area contributed by atoms with Crippen molar-refractivity contribution in [2.24, 2.45) is 11.8 Å². The van der Waals surface area contributed by atoms with Crippen LogP contribution >= 0.6 is 0 Å². The summed E-state index contributed by atoms with van der Waals surface area (Å²) in [7, 11) is 0. The summed E-state index contributed by atoms with van der Waals surface area (Å²) in [5, 5.41) is 11.2. The third kappa shape index (κ3) is 9.04. The zero-order valence-corrected chi connectivity index (χ0v) is 18.1. The maximum atomic E-state index is 12.7. The van der Waals surface area contributed by atoms with E-state index in [9.17, 15) is 19.5 Å². The molecule has 164 valence electrons. The van der Waals surface area contributed by atoms with Gasteiger partial charge in [0.2, 0.25) is 0 Å². The van der Waals surface area contributed by atoms with Crippen molar-refractivity contribution in [1.82, 2.24) is 0 Å². The van der Waals surface area contributed by atoms with Crippen LogP contribution in [0.4, 0.5) is 0 Å². The third-order valence-corrected chi connectivity index (χ3v) is 4.44. The Morgan fingerprint density at radius 3 is 1.75 bits per heavy atom. The average molecular weight is 403 g/mol. The molecule has 0 rings (SSSR count). The van der Waals surface area contributed by atoms with Crippen molar-refractivity contribution in [2.45, 2.75) is 85.2 Å². The molecular weight excluding hydrogens is 364 g/mol. The van der Waals surface area contributed by atoms with Crippen LogP contribution in [0.15, 0.2) is 0 Å². The minimum Gasteiger partial charge on any atom is -0.466 e. The highest BCUT2D eigenvalue weighted by atomic mass is 16.6. The van der Waals surface area contributed by atoms with Gasteiger partial charge in [-0.25, -0.2) is 4.79 Å². The molecule has 0 aliphatic heterocycles. The van der Waals surface area contributed by atoms with E-state index in [4.69, 9.17) is 14.2 Å². The van der Waals surface area contributed by atoms with Gasteiger partial charge in [0.25, 0.3) is 0 Å². The lowest BCUT2D eigenvalue weighted by atomic mass is 9.77. The first-order chi connectivity index (χ1) is 13.2. The van der Waals surface area contributed by atoms with Crippen molar-refractivity contribution < 1.29 is 33.7 Å². The molecule has 0 bridgehead atoms. The van der Waals surface area contributed by atoms with Crippen LogP contribution in [-0.4, -0.2) is 48.4 Å². The lowest BCUT2D eigenvalue weighted by molar-refractivity contribution is -0.189. The summed E-state index contributed by atoms with van der Waals surface area (Å²) < 4.78 is 15.5. The van der Waals surface area contributed by atoms with E-state index >= 15 is 0 Å². The molecule has 7 nitrogen and oxygen atoms in total. The lowest BCUT2D eigenvalue weighted by Gasteiger charge is -2.34. The first-order valence-electron chi connectivity index (χ1n) is 10.5. The van der Waals surface area contributed by atoms with E-state index in [1.807, 2.05) is 20.8 Å². The number of esters is 3. The van der Waals surface area contributed by atoms with Gasteiger partial charge >= 0.3 is 17.9 Å². The molecule has 0 saturated carbocycles. The summed E-state index contributed by atoms with van der Waals surface area (Å²) in [4.78, 5) is 37.6. The largest absolute Gasteiger partial charge is 0.466 e. The summed E-state index contributed by atoms with van der Waals surface area (Å²) in [5.74, 6) is -4.10. The van der Waals surface area contributed by atoms with E-state index < -0.39 is 41.8 Å². The number of hydrogen-bond donors (Lipinski definition) is 1. The van der Waals surface area contributed by atoms with Crippen molar-refractivity contribution in [3.8, 4) is 0 Å². The number of carbonyl (C=O) groups excluding carboxylic acids is 3. The summed E-state index contributed by atoms with van der Waals surface area (Å²) >= 11 is 0. The molecule has 0 spiro atoms. The zero-order valence-electron chi connectivity index (χ0n) is 18.1. The Bertz CT molecular complexity index is 475. The molecule has 0 aliphatic rings. The minimum atomic E-state index is -2.32. The van der Waals surface area contributed by atoms with Crippen molar-refractivity contribution >= 4 is 17.9 Å². The predicted octanol–water partition coefficient (Wildman–Crippen LogP) is 3.41. The van der Waals surface area contributed by atoms with E-state index in [-0.39, 0.29) is 19.8 Å². The highest BCUT2D eigenvalue weighted by molar-refractivity contribution is 5.91. The lowest BCUT2D eigenvalue weighted by Crippen LogP contribution is -2.54. The molecule has 2 atom stereocenters. The molecule has 0 aliphatic carbocycles. The zero-order chi connectivity index (χ0) is 21.6. The van der Waals surface area contributed by atoms with Crippen molar-refractivity contribution in [3.05, 3.63) is 0 Å². The van der Waals surface area contributed by atoms with Gasteiger partial charge < -0.3 is 19.3 Å². The topological polar surface area (TPSA) is 99.1 Å². The van der Waals surface area contributed by atoms with Gasteiger partial charge in [-0.15, -0.1) is 0 Å². The highest BCUT2D eigenvalue weighted by Crippen LogP contribution is 2.32. The minimum absolute atomic E-state index is 0.109. The number of carbonyl (C=O) groups is 3. The third-order valence-electron chi connectivity index (χ3n) is 4.44. The fraction of sp³-hybridized carbons (Fsp3) is 0.857. The summed E-state index contributed by atoms with van der Waals surface area (Å²) in [6.45, 7) is 9.74. The Morgan fingerprint density at radius 1 is 0.821 bits per heavy atom. The standard InChI is InChI=1S/C21H38O7/c1-6-9-12-26-17(22)15-21(25,20(24)28-14-11-8-3)18(16(4)5)19(23)27-13-10-7-2/h16,18,25H,6-15H2,1-5H3. The molecular formula is C21H38O7. The first-order valence-corrected chi connectivity index (χ1v) is 10.5. The number of hydrogen-bond acceptors (Lipinski definition) is 7. The Morgan fingerprint density at radius 2 is 1.29 bits per heavy atom. The van der Waals surface area contributed by atoms with E-state index in [2.05, 4.69) is 0 Å². The Kier molecular flexibility index (Phi) is 13.5. The maximum absolute atomic E-state index is 12.7. The molecule has 1 N–H and O–H groups in total. The fourth-order valence-corrected chi connectivity index (χ4v) is 2.77. The first kappa shape index (κ1) is 26.4. The molecule has 0 amide bonds. The van der Waals surface area contributed by atoms with Crippen LogP contribution in [-0.2, 0) is 28.6 Å². The monoisotopic (exact) mass is 402 g/mol. The Balaban J connectivity index is 5.50. The van der Waals surface area contributed by atoms with E-state index in [0.29, 0.717) is 19.3 Å². The second-order valence-corrected chi connectivity index (χ2v) is 7.41. The van der Waals surface area contributed by atoms with Gasteiger partial charge in [0, 0.05) is 0 Å². The maximum Gasteiger partial charge on any atom is 0.339 e. The number of aliphatic hydroxyl groups is 1. The van der Waals surface area contributed by atoms with Gasteiger partial charge in [0.05, 0.1) is 32.2 Å². The predicted molar refractivity (Wildman–Crippen MR) is 105 cm³/mol. The van der Waals surface area contributed by atoms with Gasteiger partial charge in [-0.1, -0.05) is 53.9 Å². The second-order valence-electron chi connectivity index (χ2n) is 7.41. The molecule has 0 aromatic heterocycles. The van der Waals surface area contributed by atoms with Gasteiger partial charge in [-0.3, -0.25) is 9.59 Å². The van der Waals surface area contributed by atoms with Crippen LogP contribution in [0.2, 0.25) is 0 Å². The van der Waals surface area contributed by atoms with Gasteiger partial charge in [0.1, 0.15) is 0 Å². The van der Waals surface area contributed by atoms with Crippen molar-refractivity contribution in [1.29, 1.82) is 0 Å². The second kappa shape index (κ2) is 14.4. The quantitative estimate of drug-likeness (QED) is 0.254. The van der Waals surface area contributed by atoms with Crippen LogP contribution < -0.4 is 0 Å². The van der Waals surface area contributed by atoms with E-state index in [1.54, 1.807) is 13.8 Å². The molecule has 7 heteroatoms. The smallest absolute Gasteiger partial charge is 0.339 e. The molecule has 0 heterocycles. The summed E-state index contributed by atoms with van der Waals surface area (Å²) in [5.41, 5.74) is -2.32. The Labute approximate surface area is 169 Å². The molecule has 2 unspecified atom stereocenters. The summed E-state index contributed by atoms with van der Waals surface area (Å²) in [6.07, 6.45) is 3.81. The fourth-order valence-electron chi connectivity index (χ4n) is 2.77. The Hall–Kier alpha value is -1.63.